The van der Waals surface area contributed by atoms with Crippen molar-refractivity contribution in [2.24, 2.45) is 0 Å². The smallest absolute Gasteiger partial charge is 2.00 e. The predicted molar refractivity (Wildman–Crippen MR) is 2.06 cm³/mol. The quantitative estimate of drug-likeness (QED) is 0.411. The summed E-state index contributed by atoms with van der Waals surface area (Å²) in [6.45, 7) is 0. The molecule has 0 spiro atoms. The first kappa shape index (κ1) is 56.2. The third-order valence-electron chi connectivity index (χ3n) is 0. The predicted octanol–water partition coefficient (Wildman–Crippen LogP) is -0.361. The molecule has 3 nitrogen and oxygen atoms in total. The SMILES string of the molecule is [Eu+3].[Eu+3].[O-2].[O-2].[O-2].[Y].[Y]. The minimum atomic E-state index is 0. The van der Waals surface area contributed by atoms with Gasteiger partial charge < -0.3 is 16.4 Å². The second-order valence-corrected chi connectivity index (χ2v) is 0. The van der Waals surface area contributed by atoms with E-state index in [2.05, 4.69) is 0 Å². The van der Waals surface area contributed by atoms with Crippen LogP contribution in [0.25, 0.3) is 0 Å². The van der Waals surface area contributed by atoms with Crippen LogP contribution in [0.5, 0.6) is 0 Å². The van der Waals surface area contributed by atoms with E-state index in [0.29, 0.717) is 0 Å². The number of hydrogen-bond acceptors (Lipinski definition) is 0. The van der Waals surface area contributed by atoms with Crippen LogP contribution < -0.4 is 0 Å². The van der Waals surface area contributed by atoms with E-state index in [1.807, 2.05) is 0 Å². The molecule has 0 rings (SSSR count). The van der Waals surface area contributed by atoms with Crippen molar-refractivity contribution in [2.75, 3.05) is 0 Å². The molecule has 38 valence electrons. The molecule has 2 radical (unpaired) electrons. The van der Waals surface area contributed by atoms with Gasteiger partial charge in [-0.1, -0.05) is 0 Å². The maximum Gasteiger partial charge on any atom is 3.00 e. The van der Waals surface area contributed by atoms with Crippen LogP contribution >= 0.6 is 0 Å². The summed E-state index contributed by atoms with van der Waals surface area (Å²) in [6, 6.07) is 0. The molecule has 0 fully saturated rings. The van der Waals surface area contributed by atoms with E-state index in [1.165, 1.54) is 0 Å². The van der Waals surface area contributed by atoms with Gasteiger partial charge in [0.1, 0.15) is 0 Å². The van der Waals surface area contributed by atoms with Crippen molar-refractivity contribution >= 4 is 0 Å². The molecule has 0 saturated carbocycles. The topological polar surface area (TPSA) is 85.5 Å². The molecule has 7 heavy (non-hydrogen) atoms. The molecule has 0 amide bonds. The normalized spacial score (nSPS) is 0. The molecule has 0 aliphatic carbocycles. The van der Waals surface area contributed by atoms with E-state index in [4.69, 9.17) is 0 Å². The average Bonchev–Trinajstić information content (AvgIpc) is 0. The third-order valence-corrected chi connectivity index (χ3v) is 0. The van der Waals surface area contributed by atoms with Crippen LogP contribution in [0.15, 0.2) is 0 Å². The average molecular weight is 530 g/mol. The standard InChI is InChI=1S/2Eu.3O.2Y/q2*+3;3*-2;;. The van der Waals surface area contributed by atoms with E-state index >= 15 is 0 Å². The summed E-state index contributed by atoms with van der Waals surface area (Å²) in [5, 5.41) is 0. The Kier molecular flexibility index (Phi) is 344. The second kappa shape index (κ2) is 42.9. The Labute approximate surface area is 175 Å². The fraction of sp³-hybridized carbons (Fsp3) is 0. The zero-order chi connectivity index (χ0) is 0. The largest absolute Gasteiger partial charge is 3.00 e. The maximum absolute atomic E-state index is 0. The Morgan fingerprint density at radius 1 is 0.429 bits per heavy atom. The van der Waals surface area contributed by atoms with Gasteiger partial charge in [-0.3, -0.25) is 0 Å². The Morgan fingerprint density at radius 3 is 0.429 bits per heavy atom. The Balaban J connectivity index is 0. The van der Waals surface area contributed by atoms with Crippen molar-refractivity contribution in [3.05, 3.63) is 0 Å². The van der Waals surface area contributed by atoms with Crippen molar-refractivity contribution in [3.63, 3.8) is 0 Å². The molecule has 0 saturated heterocycles. The van der Waals surface area contributed by atoms with E-state index < -0.39 is 0 Å². The van der Waals surface area contributed by atoms with Crippen molar-refractivity contribution < 1.29 is 181 Å². The molecule has 7 heteroatoms. The van der Waals surface area contributed by atoms with Gasteiger partial charge in [0, 0.05) is 65.4 Å². The third kappa shape index (κ3) is 34.9. The number of rotatable bonds is 0. The molecular formula is Eu2O3Y2. The van der Waals surface area contributed by atoms with Crippen molar-refractivity contribution in [2.45, 2.75) is 0 Å². The molecule has 0 aliphatic heterocycles. The molecule has 0 aliphatic rings. The minimum absolute atomic E-state index is 0. The van der Waals surface area contributed by atoms with Gasteiger partial charge in [0.05, 0.1) is 0 Å². The Morgan fingerprint density at radius 2 is 0.429 bits per heavy atom. The number of hydrogen-bond donors (Lipinski definition) is 0. The summed E-state index contributed by atoms with van der Waals surface area (Å²) in [7, 11) is 0. The summed E-state index contributed by atoms with van der Waals surface area (Å²) in [4.78, 5) is 0. The summed E-state index contributed by atoms with van der Waals surface area (Å²) >= 11 is 0. The zero-order valence-corrected chi connectivity index (χ0v) is 13.7. The van der Waals surface area contributed by atoms with Gasteiger partial charge in [-0.15, -0.1) is 0 Å². The van der Waals surface area contributed by atoms with Crippen LogP contribution in [0.2, 0.25) is 0 Å². The van der Waals surface area contributed by atoms with Crippen LogP contribution in [0, 0.1) is 98.8 Å². The molecule has 0 aromatic heterocycles. The molecule has 0 bridgehead atoms. The zero-order valence-electron chi connectivity index (χ0n) is 3.14. The first-order valence-electron chi connectivity index (χ1n) is 0. The summed E-state index contributed by atoms with van der Waals surface area (Å²) < 4.78 is 0. The molecular weight excluding hydrogens is 530 g/mol. The van der Waals surface area contributed by atoms with Crippen molar-refractivity contribution in [3.8, 4) is 0 Å². The fourth-order valence-corrected chi connectivity index (χ4v) is 0. The van der Waals surface area contributed by atoms with Gasteiger partial charge in [0.2, 0.25) is 0 Å². The van der Waals surface area contributed by atoms with Gasteiger partial charge in [0.15, 0.2) is 0 Å². The maximum atomic E-state index is 0. The Bertz CT molecular complexity index is 10.9. The first-order chi connectivity index (χ1) is 0. The molecule has 0 atom stereocenters. The van der Waals surface area contributed by atoms with E-state index in [-0.39, 0.29) is 181 Å². The van der Waals surface area contributed by atoms with Gasteiger partial charge in [-0.05, 0) is 0 Å². The molecule has 0 aromatic rings. The van der Waals surface area contributed by atoms with Crippen molar-refractivity contribution in [1.29, 1.82) is 0 Å². The van der Waals surface area contributed by atoms with Crippen LogP contribution in [-0.4, -0.2) is 0 Å². The van der Waals surface area contributed by atoms with Crippen molar-refractivity contribution in [1.82, 2.24) is 0 Å². The monoisotopic (exact) mass is 532 g/mol. The van der Waals surface area contributed by atoms with Crippen LogP contribution in [-0.2, 0) is 81.8 Å². The van der Waals surface area contributed by atoms with Gasteiger partial charge in [0.25, 0.3) is 0 Å². The van der Waals surface area contributed by atoms with Gasteiger partial charge in [-0.2, -0.15) is 0 Å². The van der Waals surface area contributed by atoms with E-state index in [1.54, 1.807) is 0 Å². The molecule has 0 unspecified atom stereocenters. The summed E-state index contributed by atoms with van der Waals surface area (Å²) in [6.07, 6.45) is 0. The fourth-order valence-electron chi connectivity index (χ4n) is 0. The van der Waals surface area contributed by atoms with E-state index in [9.17, 15) is 0 Å². The van der Waals surface area contributed by atoms with Crippen LogP contribution in [0.1, 0.15) is 0 Å². The summed E-state index contributed by atoms with van der Waals surface area (Å²) in [5.41, 5.74) is 0. The van der Waals surface area contributed by atoms with Gasteiger partial charge >= 0.3 is 98.8 Å². The van der Waals surface area contributed by atoms with Crippen LogP contribution in [0.3, 0.4) is 0 Å². The minimum Gasteiger partial charge on any atom is -2.00 e. The van der Waals surface area contributed by atoms with Crippen LogP contribution in [0.4, 0.5) is 0 Å². The molecule has 0 heterocycles. The van der Waals surface area contributed by atoms with E-state index in [0.717, 1.165) is 0 Å². The molecule has 0 aromatic carbocycles. The van der Waals surface area contributed by atoms with Gasteiger partial charge in [-0.25, -0.2) is 0 Å². The second-order valence-electron chi connectivity index (χ2n) is 0. The summed E-state index contributed by atoms with van der Waals surface area (Å²) in [5.74, 6) is 0. The Hall–Kier alpha value is 5.26. The molecule has 0 N–H and O–H groups in total. The first-order valence-corrected chi connectivity index (χ1v) is 0.